The molecule has 0 saturated heterocycles. The molecule has 0 heterocycles. The van der Waals surface area contributed by atoms with Crippen molar-refractivity contribution in [1.29, 1.82) is 0 Å². The van der Waals surface area contributed by atoms with Crippen molar-refractivity contribution in [2.45, 2.75) is 0 Å². The molecule has 1 amide bonds. The van der Waals surface area contributed by atoms with E-state index in [-0.39, 0.29) is 5.69 Å². The largest absolute Gasteiger partial charge is 0.507 e. The highest BCUT2D eigenvalue weighted by Crippen LogP contribution is 2.28. The van der Waals surface area contributed by atoms with Crippen LogP contribution in [0, 0.1) is 11.6 Å². The van der Waals surface area contributed by atoms with E-state index in [4.69, 9.17) is 9.47 Å². The van der Waals surface area contributed by atoms with Crippen molar-refractivity contribution in [3.8, 4) is 17.2 Å². The maximum Gasteiger partial charge on any atom is 0.262 e. The molecule has 2 aromatic rings. The molecule has 0 unspecified atom stereocenters. The SMILES string of the molecule is COc1cc(NC(=O)c2c(O)cc(F)cc2F)cc(OC)c1. The maximum atomic E-state index is 13.6. The van der Waals surface area contributed by atoms with Crippen LogP contribution in [0.1, 0.15) is 10.4 Å². The smallest absolute Gasteiger partial charge is 0.262 e. The highest BCUT2D eigenvalue weighted by molar-refractivity contribution is 6.06. The summed E-state index contributed by atoms with van der Waals surface area (Å²) < 4.78 is 36.7. The Balaban J connectivity index is 2.33. The monoisotopic (exact) mass is 309 g/mol. The minimum atomic E-state index is -1.16. The highest BCUT2D eigenvalue weighted by Gasteiger charge is 2.19. The van der Waals surface area contributed by atoms with Gasteiger partial charge in [0.15, 0.2) is 0 Å². The standard InChI is InChI=1S/C15H13F2NO4/c1-21-10-5-9(6-11(7-10)22-2)18-15(20)14-12(17)3-8(16)4-13(14)19/h3-7,19H,1-2H3,(H,18,20). The lowest BCUT2D eigenvalue weighted by molar-refractivity contribution is 0.102. The number of hydrogen-bond donors (Lipinski definition) is 2. The van der Waals surface area contributed by atoms with Gasteiger partial charge in [-0.15, -0.1) is 0 Å². The summed E-state index contributed by atoms with van der Waals surface area (Å²) in [6, 6.07) is 5.73. The summed E-state index contributed by atoms with van der Waals surface area (Å²) in [5, 5.41) is 11.9. The molecule has 7 heteroatoms. The number of methoxy groups -OCH3 is 2. The van der Waals surface area contributed by atoms with Gasteiger partial charge in [0.05, 0.1) is 14.2 Å². The van der Waals surface area contributed by atoms with E-state index in [1.807, 2.05) is 0 Å². The Hall–Kier alpha value is -2.83. The number of hydrogen-bond acceptors (Lipinski definition) is 4. The molecule has 0 radical (unpaired) electrons. The second-order valence-corrected chi connectivity index (χ2v) is 4.34. The predicted molar refractivity (Wildman–Crippen MR) is 75.5 cm³/mol. The lowest BCUT2D eigenvalue weighted by Crippen LogP contribution is -2.14. The molecule has 0 bridgehead atoms. The zero-order valence-corrected chi connectivity index (χ0v) is 11.8. The van der Waals surface area contributed by atoms with Crippen molar-refractivity contribution in [2.24, 2.45) is 0 Å². The average molecular weight is 309 g/mol. The molecule has 0 spiro atoms. The first kappa shape index (κ1) is 15.6. The Labute approximate surface area is 125 Å². The van der Waals surface area contributed by atoms with Gasteiger partial charge in [-0.3, -0.25) is 4.79 Å². The minimum Gasteiger partial charge on any atom is -0.507 e. The van der Waals surface area contributed by atoms with Gasteiger partial charge in [-0.05, 0) is 0 Å². The third-order valence-electron chi connectivity index (χ3n) is 2.87. The molecule has 2 aromatic carbocycles. The summed E-state index contributed by atoms with van der Waals surface area (Å²) in [5.41, 5.74) is -0.382. The molecule has 0 aliphatic carbocycles. The van der Waals surface area contributed by atoms with Crippen LogP contribution >= 0.6 is 0 Å². The van der Waals surface area contributed by atoms with E-state index >= 15 is 0 Å². The normalized spacial score (nSPS) is 10.2. The van der Waals surface area contributed by atoms with Crippen LogP contribution in [0.25, 0.3) is 0 Å². The Bertz CT molecular complexity index is 673. The van der Waals surface area contributed by atoms with Gasteiger partial charge < -0.3 is 19.9 Å². The number of anilines is 1. The Kier molecular flexibility index (Phi) is 4.45. The average Bonchev–Trinajstić information content (AvgIpc) is 2.45. The van der Waals surface area contributed by atoms with Crippen LogP contribution in [0.2, 0.25) is 0 Å². The maximum absolute atomic E-state index is 13.6. The number of aromatic hydroxyl groups is 1. The number of benzene rings is 2. The fourth-order valence-corrected chi connectivity index (χ4v) is 1.86. The first-order valence-corrected chi connectivity index (χ1v) is 6.17. The minimum absolute atomic E-state index is 0.268. The summed E-state index contributed by atoms with van der Waals surface area (Å²) in [7, 11) is 2.87. The summed E-state index contributed by atoms with van der Waals surface area (Å²) in [6.07, 6.45) is 0. The number of nitrogens with one attached hydrogen (secondary N) is 1. The van der Waals surface area contributed by atoms with E-state index < -0.39 is 28.9 Å². The lowest BCUT2D eigenvalue weighted by atomic mass is 10.1. The fraction of sp³-hybridized carbons (Fsp3) is 0.133. The van der Waals surface area contributed by atoms with Crippen LogP contribution in [0.4, 0.5) is 14.5 Å². The van der Waals surface area contributed by atoms with Gasteiger partial charge >= 0.3 is 0 Å². The molecule has 0 aliphatic rings. The third kappa shape index (κ3) is 3.25. The van der Waals surface area contributed by atoms with E-state index in [9.17, 15) is 18.7 Å². The predicted octanol–water partition coefficient (Wildman–Crippen LogP) is 2.94. The Morgan fingerprint density at radius 2 is 1.64 bits per heavy atom. The number of carbonyl (C=O) groups excluding carboxylic acids is 1. The summed E-state index contributed by atoms with van der Waals surface area (Å²) in [4.78, 5) is 12.1. The van der Waals surface area contributed by atoms with Gasteiger partial charge in [-0.2, -0.15) is 0 Å². The summed E-state index contributed by atoms with van der Waals surface area (Å²) in [5.74, 6) is -3.02. The molecule has 0 saturated carbocycles. The van der Waals surface area contributed by atoms with Gasteiger partial charge in [-0.1, -0.05) is 0 Å². The van der Waals surface area contributed by atoms with Gasteiger partial charge in [0, 0.05) is 36.0 Å². The molecule has 0 aromatic heterocycles. The topological polar surface area (TPSA) is 67.8 Å². The molecule has 2 N–H and O–H groups in total. The van der Waals surface area contributed by atoms with Crippen molar-refractivity contribution < 1.29 is 28.2 Å². The first-order valence-electron chi connectivity index (χ1n) is 6.17. The first-order chi connectivity index (χ1) is 10.4. The van der Waals surface area contributed by atoms with Crippen molar-refractivity contribution in [2.75, 3.05) is 19.5 Å². The number of amides is 1. The van der Waals surface area contributed by atoms with E-state index in [1.54, 1.807) is 6.07 Å². The molecular weight excluding hydrogens is 296 g/mol. The number of carbonyl (C=O) groups is 1. The molecule has 22 heavy (non-hydrogen) atoms. The van der Waals surface area contributed by atoms with Gasteiger partial charge in [0.1, 0.15) is 34.4 Å². The zero-order valence-electron chi connectivity index (χ0n) is 11.8. The Morgan fingerprint density at radius 3 is 2.14 bits per heavy atom. The summed E-state index contributed by atoms with van der Waals surface area (Å²) in [6.45, 7) is 0. The molecule has 0 fully saturated rings. The quantitative estimate of drug-likeness (QED) is 0.911. The van der Waals surface area contributed by atoms with Crippen LogP contribution in [0.5, 0.6) is 17.2 Å². The Morgan fingerprint density at radius 1 is 1.05 bits per heavy atom. The second-order valence-electron chi connectivity index (χ2n) is 4.34. The van der Waals surface area contributed by atoms with Gasteiger partial charge in [0.25, 0.3) is 5.91 Å². The van der Waals surface area contributed by atoms with Crippen molar-refractivity contribution >= 4 is 11.6 Å². The van der Waals surface area contributed by atoms with E-state index in [0.717, 1.165) is 0 Å². The fourth-order valence-electron chi connectivity index (χ4n) is 1.86. The number of rotatable bonds is 4. The molecule has 0 aliphatic heterocycles. The van der Waals surface area contributed by atoms with E-state index in [2.05, 4.69) is 5.32 Å². The number of ether oxygens (including phenoxy) is 2. The van der Waals surface area contributed by atoms with Gasteiger partial charge in [0.2, 0.25) is 0 Å². The van der Waals surface area contributed by atoms with Crippen LogP contribution < -0.4 is 14.8 Å². The van der Waals surface area contributed by atoms with Gasteiger partial charge in [-0.25, -0.2) is 8.78 Å². The van der Waals surface area contributed by atoms with Crippen molar-refractivity contribution in [3.05, 3.63) is 47.5 Å². The number of phenolic OH excluding ortho intramolecular Hbond substituents is 1. The number of phenols is 1. The summed E-state index contributed by atoms with van der Waals surface area (Å²) >= 11 is 0. The second kappa shape index (κ2) is 6.30. The van der Waals surface area contributed by atoms with Crippen molar-refractivity contribution in [3.63, 3.8) is 0 Å². The molecule has 5 nitrogen and oxygen atoms in total. The van der Waals surface area contributed by atoms with Crippen LogP contribution in [0.15, 0.2) is 30.3 Å². The van der Waals surface area contributed by atoms with Crippen molar-refractivity contribution in [1.82, 2.24) is 0 Å². The number of halogens is 2. The van der Waals surface area contributed by atoms with Crippen LogP contribution in [-0.4, -0.2) is 25.2 Å². The van der Waals surface area contributed by atoms with Crippen LogP contribution in [0.3, 0.4) is 0 Å². The molecular formula is C15H13F2NO4. The van der Waals surface area contributed by atoms with E-state index in [0.29, 0.717) is 23.6 Å². The van der Waals surface area contributed by atoms with E-state index in [1.165, 1.54) is 26.4 Å². The zero-order chi connectivity index (χ0) is 16.3. The lowest BCUT2D eigenvalue weighted by Gasteiger charge is -2.11. The third-order valence-corrected chi connectivity index (χ3v) is 2.87. The molecule has 2 rings (SSSR count). The van der Waals surface area contributed by atoms with Crippen LogP contribution in [-0.2, 0) is 0 Å². The molecule has 116 valence electrons. The molecule has 0 atom stereocenters. The highest BCUT2D eigenvalue weighted by atomic mass is 19.1.